The fraction of sp³-hybridized carbons (Fsp3) is 0.393. The molecule has 188 valence electrons. The smallest absolute Gasteiger partial charge is 0.337 e. The molecule has 1 aliphatic heterocycles. The lowest BCUT2D eigenvalue weighted by atomic mass is 9.83. The van der Waals surface area contributed by atoms with Crippen LogP contribution in [0.2, 0.25) is 0 Å². The van der Waals surface area contributed by atoms with E-state index in [0.717, 1.165) is 0 Å². The number of ketones is 1. The van der Waals surface area contributed by atoms with E-state index in [1.54, 1.807) is 36.4 Å². The summed E-state index contributed by atoms with van der Waals surface area (Å²) in [5, 5.41) is 0.546. The summed E-state index contributed by atoms with van der Waals surface area (Å²) in [6.45, 7) is 5.00. The number of Topliss-reactive ketones (excluding diaryl/α,β-unsaturated/α-hetero) is 1. The summed E-state index contributed by atoms with van der Waals surface area (Å²) >= 11 is 0. The maximum atomic E-state index is 13.1. The largest absolute Gasteiger partial charge is 0.465 e. The van der Waals surface area contributed by atoms with Crippen LogP contribution in [-0.4, -0.2) is 52.7 Å². The molecule has 0 spiro atoms. The maximum Gasteiger partial charge on any atom is 0.337 e. The Morgan fingerprint density at radius 3 is 2.47 bits per heavy atom. The molecule has 1 aromatic heterocycles. The van der Waals surface area contributed by atoms with Crippen LogP contribution in [0.4, 0.5) is 0 Å². The van der Waals surface area contributed by atoms with E-state index in [9.17, 15) is 19.2 Å². The second kappa shape index (κ2) is 10.4. The summed E-state index contributed by atoms with van der Waals surface area (Å²) < 4.78 is 4.74. The lowest BCUT2D eigenvalue weighted by Crippen LogP contribution is -2.42. The maximum absolute atomic E-state index is 13.1. The molecule has 1 N–H and O–H groups in total. The molecule has 36 heavy (non-hydrogen) atoms. The van der Waals surface area contributed by atoms with Gasteiger partial charge < -0.3 is 14.6 Å². The Balaban J connectivity index is 1.35. The third kappa shape index (κ3) is 5.70. The number of hydrogen-bond donors (Lipinski definition) is 1. The van der Waals surface area contributed by atoms with E-state index in [4.69, 9.17) is 4.74 Å². The van der Waals surface area contributed by atoms with Gasteiger partial charge >= 0.3 is 5.97 Å². The van der Waals surface area contributed by atoms with Crippen molar-refractivity contribution in [2.75, 3.05) is 20.2 Å². The number of nitrogens with one attached hydrogen (secondary N) is 1. The molecule has 0 saturated carbocycles. The number of methoxy groups -OCH3 is 1. The van der Waals surface area contributed by atoms with E-state index in [1.165, 1.54) is 7.11 Å². The monoisotopic (exact) mass is 489 g/mol. The number of benzene rings is 2. The van der Waals surface area contributed by atoms with E-state index in [2.05, 4.69) is 9.97 Å². The molecule has 0 unspecified atom stereocenters. The van der Waals surface area contributed by atoms with E-state index in [0.29, 0.717) is 66.6 Å². The van der Waals surface area contributed by atoms with Crippen molar-refractivity contribution in [3.8, 4) is 0 Å². The van der Waals surface area contributed by atoms with Gasteiger partial charge in [0.05, 0.1) is 23.6 Å². The predicted molar refractivity (Wildman–Crippen MR) is 136 cm³/mol. The molecule has 1 aliphatic rings. The molecule has 1 fully saturated rings. The highest BCUT2D eigenvalue weighted by Crippen LogP contribution is 2.28. The Morgan fingerprint density at radius 2 is 1.75 bits per heavy atom. The summed E-state index contributed by atoms with van der Waals surface area (Å²) in [6, 6.07) is 13.8. The van der Waals surface area contributed by atoms with Gasteiger partial charge in [0.1, 0.15) is 5.82 Å². The highest BCUT2D eigenvalue weighted by Gasteiger charge is 2.31. The second-order valence-corrected chi connectivity index (χ2v) is 10.1. The Bertz CT molecular complexity index is 1350. The number of aromatic nitrogens is 2. The lowest BCUT2D eigenvalue weighted by molar-refractivity contribution is -0.134. The van der Waals surface area contributed by atoms with Crippen LogP contribution in [0.1, 0.15) is 59.7 Å². The van der Waals surface area contributed by atoms with E-state index < -0.39 is 11.4 Å². The second-order valence-electron chi connectivity index (χ2n) is 10.1. The van der Waals surface area contributed by atoms with Gasteiger partial charge in [-0.15, -0.1) is 0 Å². The number of carbonyl (C=O) groups is 3. The van der Waals surface area contributed by atoms with Gasteiger partial charge in [-0.1, -0.05) is 38.1 Å². The van der Waals surface area contributed by atoms with Gasteiger partial charge in [-0.3, -0.25) is 14.4 Å². The number of amides is 1. The van der Waals surface area contributed by atoms with Crippen molar-refractivity contribution in [3.05, 3.63) is 75.8 Å². The van der Waals surface area contributed by atoms with Crippen LogP contribution in [0.25, 0.3) is 10.9 Å². The van der Waals surface area contributed by atoms with Crippen LogP contribution in [0.5, 0.6) is 0 Å². The molecular weight excluding hydrogens is 458 g/mol. The topological polar surface area (TPSA) is 109 Å². The van der Waals surface area contributed by atoms with Gasteiger partial charge in [0.25, 0.3) is 5.56 Å². The Labute approximate surface area is 209 Å². The minimum atomic E-state index is -0.476. The van der Waals surface area contributed by atoms with E-state index in [1.807, 2.05) is 30.9 Å². The van der Waals surface area contributed by atoms with Crippen LogP contribution in [-0.2, 0) is 16.0 Å². The number of fused-ring (bicyclic) bond motifs is 1. The number of H-pyrrole nitrogens is 1. The van der Waals surface area contributed by atoms with Crippen LogP contribution in [0.3, 0.4) is 0 Å². The highest BCUT2D eigenvalue weighted by atomic mass is 16.5. The minimum Gasteiger partial charge on any atom is -0.465 e. The zero-order chi connectivity index (χ0) is 25.9. The molecule has 8 heteroatoms. The third-order valence-electron chi connectivity index (χ3n) is 6.72. The Morgan fingerprint density at radius 1 is 1.06 bits per heavy atom. The van der Waals surface area contributed by atoms with E-state index >= 15 is 0 Å². The quantitative estimate of drug-likeness (QED) is 0.399. The van der Waals surface area contributed by atoms with Gasteiger partial charge in [0.2, 0.25) is 5.91 Å². The minimum absolute atomic E-state index is 0.0143. The molecule has 2 aromatic carbocycles. The van der Waals surface area contributed by atoms with E-state index in [-0.39, 0.29) is 23.2 Å². The number of likely N-dealkylation sites (tertiary alicyclic amines) is 1. The standard InChI is InChI=1S/C28H31N3O5/c1-28(2,16-23-29-22-10-5-4-9-21(22)26(34)30-23)17-24(32)31-13-11-18(12-14-31)25(33)19-7-6-8-20(15-19)27(35)36-3/h4-10,15,18H,11-14,16-17H2,1-3H3,(H,29,30,34). The molecule has 2 heterocycles. The van der Waals surface area contributed by atoms with Crippen LogP contribution in [0.15, 0.2) is 53.3 Å². The third-order valence-corrected chi connectivity index (χ3v) is 6.72. The Hall–Kier alpha value is -3.81. The zero-order valence-corrected chi connectivity index (χ0v) is 20.9. The van der Waals surface area contributed by atoms with Gasteiger partial charge in [-0.05, 0) is 42.5 Å². The average Bonchev–Trinajstić information content (AvgIpc) is 2.87. The summed E-state index contributed by atoms with van der Waals surface area (Å²) in [4.78, 5) is 59.5. The number of nitrogens with zero attached hydrogens (tertiary/aromatic N) is 2. The molecular formula is C28H31N3O5. The first-order valence-electron chi connectivity index (χ1n) is 12.2. The first kappa shape index (κ1) is 25.3. The number of carbonyl (C=O) groups excluding carboxylic acids is 3. The normalized spacial score (nSPS) is 14.6. The van der Waals surface area contributed by atoms with Crippen molar-refractivity contribution in [1.82, 2.24) is 14.9 Å². The van der Waals surface area contributed by atoms with Crippen molar-refractivity contribution in [2.45, 2.75) is 39.5 Å². The molecule has 1 amide bonds. The number of rotatable bonds is 7. The fourth-order valence-corrected chi connectivity index (χ4v) is 4.80. The summed E-state index contributed by atoms with van der Waals surface area (Å²) in [7, 11) is 1.31. The Kier molecular flexibility index (Phi) is 7.33. The molecule has 0 bridgehead atoms. The molecule has 8 nitrogen and oxygen atoms in total. The molecule has 1 saturated heterocycles. The summed E-state index contributed by atoms with van der Waals surface area (Å²) in [5.41, 5.74) is 0.890. The highest BCUT2D eigenvalue weighted by molar-refractivity contribution is 6.00. The van der Waals surface area contributed by atoms with Crippen LogP contribution in [0, 0.1) is 11.3 Å². The van der Waals surface area contributed by atoms with Gasteiger partial charge in [-0.2, -0.15) is 0 Å². The molecule has 0 atom stereocenters. The molecule has 0 radical (unpaired) electrons. The number of esters is 1. The van der Waals surface area contributed by atoms with Crippen LogP contribution >= 0.6 is 0 Å². The van der Waals surface area contributed by atoms with Gasteiger partial charge in [-0.25, -0.2) is 9.78 Å². The predicted octanol–water partition coefficient (Wildman–Crippen LogP) is 3.79. The number of aromatic amines is 1. The van der Waals surface area contributed by atoms with Crippen molar-refractivity contribution >= 4 is 28.6 Å². The van der Waals surface area contributed by atoms with Gasteiger partial charge in [0.15, 0.2) is 5.78 Å². The van der Waals surface area contributed by atoms with Crippen molar-refractivity contribution in [2.24, 2.45) is 11.3 Å². The molecule has 0 aliphatic carbocycles. The zero-order valence-electron chi connectivity index (χ0n) is 20.9. The molecule has 4 rings (SSSR count). The fourth-order valence-electron chi connectivity index (χ4n) is 4.80. The SMILES string of the molecule is COC(=O)c1cccc(C(=O)C2CCN(C(=O)CC(C)(C)Cc3nc4ccccc4c(=O)[nH]3)CC2)c1. The summed E-state index contributed by atoms with van der Waals surface area (Å²) in [6.07, 6.45) is 1.92. The van der Waals surface area contributed by atoms with Crippen molar-refractivity contribution in [3.63, 3.8) is 0 Å². The first-order valence-corrected chi connectivity index (χ1v) is 12.2. The van der Waals surface area contributed by atoms with Crippen molar-refractivity contribution in [1.29, 1.82) is 0 Å². The molecule has 3 aromatic rings. The number of piperidine rings is 1. The first-order chi connectivity index (χ1) is 17.2. The number of hydrogen-bond acceptors (Lipinski definition) is 6. The van der Waals surface area contributed by atoms with Crippen molar-refractivity contribution < 1.29 is 19.1 Å². The number of para-hydroxylation sites is 1. The van der Waals surface area contributed by atoms with Gasteiger partial charge in [0, 0.05) is 37.4 Å². The lowest BCUT2D eigenvalue weighted by Gasteiger charge is -2.34. The average molecular weight is 490 g/mol. The summed E-state index contributed by atoms with van der Waals surface area (Å²) in [5.74, 6) is -0.0892. The van der Waals surface area contributed by atoms with Crippen LogP contribution < -0.4 is 5.56 Å². The number of ether oxygens (including phenoxy) is 1.